The summed E-state index contributed by atoms with van der Waals surface area (Å²) >= 11 is 0. The zero-order chi connectivity index (χ0) is 8.80. The van der Waals surface area contributed by atoms with Crippen molar-refractivity contribution in [3.8, 4) is 0 Å². The predicted molar refractivity (Wildman–Crippen MR) is 46.9 cm³/mol. The Morgan fingerprint density at radius 1 is 0.714 bits per heavy atom. The van der Waals surface area contributed by atoms with Crippen molar-refractivity contribution in [3.63, 3.8) is 0 Å². The third-order valence-electron chi connectivity index (χ3n) is 14.5. The fourth-order valence-corrected chi connectivity index (χ4v) is 88.0. The first-order chi connectivity index (χ1) is 6.57. The molecule has 14 heavy (non-hydrogen) atoms. The number of hydrogen-bond donors (Lipinski definition) is 1. The van der Waals surface area contributed by atoms with Crippen molar-refractivity contribution in [3.05, 3.63) is 10.4 Å². The number of hydrogen-bond acceptors (Lipinski definition) is 1. The van der Waals surface area contributed by atoms with Gasteiger partial charge >= 0.3 is 54.7 Å². The molecule has 0 saturated carbocycles. The maximum absolute atomic E-state index is 6.86. The first-order valence-electron chi connectivity index (χ1n) is 5.80. The van der Waals surface area contributed by atoms with Crippen molar-refractivity contribution in [2.45, 2.75) is 48.2 Å². The number of nitrogens with zero attached hydrogens (tertiary/aromatic N) is 2. The Bertz CT molecular complexity index is 666. The zero-order valence-electron chi connectivity index (χ0n) is 7.52. The van der Waals surface area contributed by atoms with E-state index in [1.807, 2.05) is 0 Å². The smallest absolute Gasteiger partial charge is 0.00208 e. The van der Waals surface area contributed by atoms with E-state index >= 15 is 0 Å². The van der Waals surface area contributed by atoms with Crippen LogP contribution in [0.25, 0.3) is 10.4 Å². The van der Waals surface area contributed by atoms with Crippen molar-refractivity contribution in [2.75, 3.05) is 0 Å². The van der Waals surface area contributed by atoms with Gasteiger partial charge in [0.05, 0.1) is 0 Å². The Morgan fingerprint density at radius 2 is 0.857 bits per heavy atom. The maximum Gasteiger partial charge on any atom is -0.00208 e. The van der Waals surface area contributed by atoms with E-state index in [9.17, 15) is 0 Å². The van der Waals surface area contributed by atoms with E-state index in [-0.39, 0.29) is 0 Å². The molecule has 0 aromatic carbocycles. The normalized spacial score (nSPS) is 135. The molecule has 10 fully saturated rings. The number of fused-ring (bicyclic) bond motifs is 10. The minimum atomic E-state index is -2.28. The second-order valence-electron chi connectivity index (χ2n) is 9.68. The molecule has 10 aliphatic rings. The molecule has 3 nitrogen and oxygen atoms in total. The summed E-state index contributed by atoms with van der Waals surface area (Å²) in [5, 5.41) is 0. The first-order valence-corrected chi connectivity index (χ1v) is 12.2. The molecule has 1 spiro atoms. The molecule has 0 aromatic rings. The average Bonchev–Trinajstić information content (AvgIpc) is 3.15. The minimum absolute atomic E-state index is 1.59. The molecule has 0 unspecified atom stereocenters. The van der Waals surface area contributed by atoms with E-state index in [2.05, 4.69) is 0 Å². The van der Waals surface area contributed by atoms with Gasteiger partial charge in [0.25, 0.3) is 0 Å². The van der Waals surface area contributed by atoms with Gasteiger partial charge in [-0.2, -0.15) is 0 Å². The van der Waals surface area contributed by atoms with Crippen LogP contribution in [0.15, 0.2) is 0 Å². The summed E-state index contributed by atoms with van der Waals surface area (Å²) in [6, 6.07) is 0. The third-order valence-corrected chi connectivity index (χ3v) is 56.5. The van der Waals surface area contributed by atoms with Crippen LogP contribution in [0.5, 0.6) is 0 Å². The molecule has 0 aromatic heterocycles. The Morgan fingerprint density at radius 3 is 0.857 bits per heavy atom. The van der Waals surface area contributed by atoms with E-state index in [1.54, 1.807) is 53.1 Å². The average molecular weight is 229 g/mol. The van der Waals surface area contributed by atoms with Gasteiger partial charge < -0.3 is 0 Å². The van der Waals surface area contributed by atoms with Gasteiger partial charge in [-0.1, -0.05) is 0 Å². The van der Waals surface area contributed by atoms with E-state index in [0.29, 0.717) is 0 Å². The molecule has 74 valence electrons. The number of nitrogens with one attached hydrogen (secondary N) is 1. The van der Waals surface area contributed by atoms with E-state index in [0.717, 1.165) is 0 Å². The Kier molecular flexibility index (Phi) is 0.107. The minimum Gasteiger partial charge on any atom is -0.108 e. The molecule has 10 saturated heterocycles. The summed E-state index contributed by atoms with van der Waals surface area (Å²) in [5.74, 6) is 0. The molecule has 0 atom stereocenters. The van der Waals surface area contributed by atoms with Gasteiger partial charge in [-0.25, -0.2) is 0 Å². The third kappa shape index (κ3) is 0.0347. The van der Waals surface area contributed by atoms with Crippen molar-refractivity contribution >= 4 is 0 Å². The van der Waals surface area contributed by atoms with Crippen LogP contribution in [0.3, 0.4) is 0 Å². The fourth-order valence-electron chi connectivity index (χ4n) is 15.8. The second-order valence-corrected chi connectivity index (χ2v) is 33.6. The number of rotatable bonds is 0. The Balaban J connectivity index is 0.000000151. The molecule has 10 aliphatic heterocycles. The zero-order valence-corrected chi connectivity index (χ0v) is 8.63. The van der Waals surface area contributed by atoms with E-state index in [1.165, 1.54) is 0 Å². The summed E-state index contributed by atoms with van der Waals surface area (Å²) in [5.41, 5.74) is 12.2. The largest absolute Gasteiger partial charge is 0.108 e. The summed E-state index contributed by atoms with van der Waals surface area (Å²) in [6.07, 6.45) is 0. The Labute approximate surface area is 70.9 Å². The van der Waals surface area contributed by atoms with Gasteiger partial charge in [0.1, 0.15) is 0 Å². The van der Waals surface area contributed by atoms with Crippen LogP contribution in [-0.4, -0.2) is 0 Å². The summed E-state index contributed by atoms with van der Waals surface area (Å²) < 4.78 is 0. The van der Waals surface area contributed by atoms with Crippen LogP contribution < -0.4 is 0 Å². The van der Waals surface area contributed by atoms with Crippen LogP contribution in [0.2, 0.25) is 48.2 Å². The molecule has 10 heterocycles. The molecule has 0 aliphatic carbocycles. The van der Waals surface area contributed by atoms with Crippen LogP contribution in [0, 0.1) is 5.53 Å². The van der Waals surface area contributed by atoms with Gasteiger partial charge in [0.2, 0.25) is 0 Å². The fraction of sp³-hybridized carbons (Fsp3) is 1.00. The monoisotopic (exact) mass is 229 g/mol. The van der Waals surface area contributed by atoms with Crippen molar-refractivity contribution < 1.29 is 6.51 Å². The Hall–Kier alpha value is -0.171. The van der Waals surface area contributed by atoms with Gasteiger partial charge in [0, 0.05) is 0 Å². The molecule has 10 rings (SSSR count). The molecule has 1 N–H and O–H groups in total. The predicted octanol–water partition coefficient (Wildman–Crippen LogP) is 4.25. The molecule has 0 radical (unpaired) electrons. The summed E-state index contributed by atoms with van der Waals surface area (Å²) in [4.78, 5) is 17.7. The van der Waals surface area contributed by atoms with Gasteiger partial charge in [0.15, 0.2) is 0 Å². The SMILES string of the molecule is [CH]12[CH]3[CH]4[CH]5[CH]1[Fe]23451678[CH]2[CH]1[CH]6[CH]7[CH]28.[N-]=[N+]=N. The van der Waals surface area contributed by atoms with Gasteiger partial charge in [-0.3, -0.25) is 0 Å². The topological polar surface area (TPSA) is 60.3 Å². The molecular formula is C10H11FeN3. The van der Waals surface area contributed by atoms with Gasteiger partial charge in [-0.15, -0.1) is 5.53 Å². The first kappa shape index (κ1) is 4.78. The summed E-state index contributed by atoms with van der Waals surface area (Å²) in [6.45, 7) is -2.28. The molecule has 0 bridgehead atoms. The van der Waals surface area contributed by atoms with Crippen LogP contribution in [0.1, 0.15) is 0 Å². The maximum atomic E-state index is 6.86. The second kappa shape index (κ2) is 0.312. The van der Waals surface area contributed by atoms with Crippen molar-refractivity contribution in [2.24, 2.45) is 0 Å². The van der Waals surface area contributed by atoms with E-state index in [4.69, 9.17) is 11.1 Å². The quantitative estimate of drug-likeness (QED) is 0.279. The van der Waals surface area contributed by atoms with Crippen LogP contribution in [-0.2, 0) is 6.51 Å². The molecular weight excluding hydrogens is 218 g/mol. The molecule has 4 heteroatoms. The summed E-state index contributed by atoms with van der Waals surface area (Å²) in [7, 11) is 0. The molecule has 0 amide bonds. The van der Waals surface area contributed by atoms with Crippen LogP contribution in [0.4, 0.5) is 0 Å². The van der Waals surface area contributed by atoms with E-state index < -0.39 is 6.51 Å². The van der Waals surface area contributed by atoms with Crippen molar-refractivity contribution in [1.29, 1.82) is 5.53 Å². The van der Waals surface area contributed by atoms with Crippen molar-refractivity contribution in [1.82, 2.24) is 0 Å². The van der Waals surface area contributed by atoms with Gasteiger partial charge in [-0.05, 0) is 10.4 Å². The standard InChI is InChI=1S/2C5H5.Fe.HN3/c2*1-2-4-5-3-1;;1-3-2/h2*1-5H;;1H. The van der Waals surface area contributed by atoms with Crippen LogP contribution >= 0.6 is 0 Å².